The Bertz CT molecular complexity index is 3380. The van der Waals surface area contributed by atoms with Gasteiger partial charge in [0.1, 0.15) is 76.3 Å². The van der Waals surface area contributed by atoms with Crippen LogP contribution >= 0.6 is 68.0 Å². The number of fused-ring (bicyclic) bond motifs is 11. The van der Waals surface area contributed by atoms with E-state index in [2.05, 4.69) is 56.8 Å². The summed E-state index contributed by atoms with van der Waals surface area (Å²) in [6, 6.07) is 0.391. The van der Waals surface area contributed by atoms with E-state index in [4.69, 9.17) is 9.97 Å². The van der Waals surface area contributed by atoms with E-state index in [-0.39, 0.29) is 51.6 Å². The molecular formula is C48H49N13O9S6. The van der Waals surface area contributed by atoms with Crippen molar-refractivity contribution in [3.63, 3.8) is 0 Å². The lowest BCUT2D eigenvalue weighted by molar-refractivity contribution is -0.124. The number of pyridine rings is 1. The van der Waals surface area contributed by atoms with Crippen molar-refractivity contribution >= 4 is 109 Å². The number of nitrogens with zero attached hydrogens (tertiary/aromatic N) is 7. The van der Waals surface area contributed by atoms with Crippen LogP contribution in [0.15, 0.2) is 63.1 Å². The quantitative estimate of drug-likeness (QED) is 0.0756. The van der Waals surface area contributed by atoms with Gasteiger partial charge in [-0.15, -0.1) is 68.0 Å². The average molecular weight is 1140 g/mol. The molecule has 7 aromatic rings. The van der Waals surface area contributed by atoms with Crippen molar-refractivity contribution < 1.29 is 44.1 Å². The van der Waals surface area contributed by atoms with Gasteiger partial charge < -0.3 is 47.2 Å². The molecule has 0 aliphatic carbocycles. The number of hydrogen-bond acceptors (Lipinski definition) is 22. The van der Waals surface area contributed by atoms with Crippen LogP contribution in [0.3, 0.4) is 0 Å². The summed E-state index contributed by atoms with van der Waals surface area (Å²) in [6.07, 6.45) is 1.29. The maximum absolute atomic E-state index is 13.9. The number of nitrogens with one attached hydrogen (secondary N) is 6. The van der Waals surface area contributed by atoms with Gasteiger partial charge in [0.05, 0.1) is 46.3 Å². The fourth-order valence-corrected chi connectivity index (χ4v) is 12.6. The average Bonchev–Trinajstić information content (AvgIpc) is 4.26. The lowest BCUT2D eigenvalue weighted by atomic mass is 10.1. The molecule has 28 heteroatoms. The van der Waals surface area contributed by atoms with Crippen molar-refractivity contribution in [1.82, 2.24) is 66.8 Å². The monoisotopic (exact) mass is 1140 g/mol. The second kappa shape index (κ2) is 24.0. The molecule has 7 aromatic heterocycles. The number of carbonyl (C=O) groups is 6. The van der Waals surface area contributed by atoms with E-state index in [0.29, 0.717) is 52.6 Å². The Morgan fingerprint density at radius 1 is 0.658 bits per heavy atom. The summed E-state index contributed by atoms with van der Waals surface area (Å²) in [4.78, 5) is 114. The van der Waals surface area contributed by atoms with Crippen LogP contribution in [0.5, 0.6) is 0 Å². The predicted octanol–water partition coefficient (Wildman–Crippen LogP) is 5.57. The number of amides is 6. The third-order valence-electron chi connectivity index (χ3n) is 11.2. The largest absolute Gasteiger partial charge is 0.392 e. The summed E-state index contributed by atoms with van der Waals surface area (Å²) < 4.78 is 0. The number of aliphatic hydroxyl groups excluding tert-OH is 3. The molecule has 0 aromatic carbocycles. The van der Waals surface area contributed by atoms with Crippen molar-refractivity contribution in [1.29, 1.82) is 0 Å². The minimum Gasteiger partial charge on any atom is -0.392 e. The van der Waals surface area contributed by atoms with E-state index in [9.17, 15) is 44.1 Å². The van der Waals surface area contributed by atoms with Crippen molar-refractivity contribution in [2.45, 2.75) is 84.9 Å². The van der Waals surface area contributed by atoms with Crippen LogP contribution in [0, 0.1) is 5.92 Å². The van der Waals surface area contributed by atoms with Crippen molar-refractivity contribution in [2.24, 2.45) is 5.92 Å². The van der Waals surface area contributed by atoms with Gasteiger partial charge in [-0.1, -0.05) is 26.0 Å². The second-order valence-corrected chi connectivity index (χ2v) is 22.7. The van der Waals surface area contributed by atoms with E-state index in [1.807, 2.05) is 13.8 Å². The van der Waals surface area contributed by atoms with Gasteiger partial charge in [0, 0.05) is 45.2 Å². The van der Waals surface area contributed by atoms with Gasteiger partial charge in [-0.05, 0) is 52.7 Å². The van der Waals surface area contributed by atoms with Crippen LogP contribution < -0.4 is 31.9 Å². The highest BCUT2D eigenvalue weighted by Gasteiger charge is 2.32. The molecule has 22 nitrogen and oxygen atoms in total. The molecule has 0 unspecified atom stereocenters. The highest BCUT2D eigenvalue weighted by atomic mass is 32.1. The smallest absolute Gasteiger partial charge is 0.275 e. The minimum atomic E-state index is -1.44. The lowest BCUT2D eigenvalue weighted by Gasteiger charge is -2.21. The first kappa shape index (κ1) is 55.3. The molecule has 8 heterocycles. The van der Waals surface area contributed by atoms with Crippen molar-refractivity contribution in [2.75, 3.05) is 6.54 Å². The molecule has 76 heavy (non-hydrogen) atoms. The molecule has 0 saturated heterocycles. The molecule has 0 spiro atoms. The molecule has 0 saturated carbocycles. The Balaban J connectivity index is 1.15. The molecule has 8 bridgehead atoms. The molecule has 1 aliphatic rings. The maximum Gasteiger partial charge on any atom is 0.275 e. The third-order valence-corrected chi connectivity index (χ3v) is 16.7. The number of aromatic nitrogens is 7. The van der Waals surface area contributed by atoms with Crippen LogP contribution in [0.2, 0.25) is 0 Å². The fourth-order valence-electron chi connectivity index (χ4n) is 7.20. The van der Waals surface area contributed by atoms with E-state index in [0.717, 1.165) is 34.0 Å². The van der Waals surface area contributed by atoms with Gasteiger partial charge in [-0.25, -0.2) is 34.9 Å². The Morgan fingerprint density at radius 3 is 1.89 bits per heavy atom. The summed E-state index contributed by atoms with van der Waals surface area (Å²) in [6.45, 7) is 11.4. The SMILES string of the molecule is C/C=C(\NC(=O)c1csc(-c2csc(-c3ccc4c(n3)-c3cnc(s3)[C@@H]([C@H](C)O)NC(=O)c3csc(n3)[C@@H](C(C)C)NC(=O)c3csc(n3)/C(=C/C)NC(=O)[C@H]([C@H](C)O)NC(=O)c3csc-4n3)n2)n1)C(=O)NC[C@H](C)O. The van der Waals surface area contributed by atoms with E-state index in [1.54, 1.807) is 49.0 Å². The van der Waals surface area contributed by atoms with Gasteiger partial charge >= 0.3 is 0 Å². The topological polar surface area (TPSA) is 326 Å². The van der Waals surface area contributed by atoms with Gasteiger partial charge in [-0.2, -0.15) is 0 Å². The van der Waals surface area contributed by atoms with Crippen LogP contribution in [-0.2, 0) is 9.59 Å². The van der Waals surface area contributed by atoms with E-state index < -0.39 is 71.9 Å². The van der Waals surface area contributed by atoms with Crippen LogP contribution in [-0.4, -0.2) is 117 Å². The first-order valence-corrected chi connectivity index (χ1v) is 28.5. The number of allylic oxidation sites excluding steroid dienone is 2. The standard InChI is InChI=1S/C48H49N13O9S6/c1-8-24(37(65)49-12-20(5)62)52-38(66)27-15-73-46(56-27)31-18-74-45(58-31)26-11-10-23-36(51-26)32-13-50-47(76-32)35(22(7)64)61-41(69)30-17-75-48(57-30)33(19(3)4)59-39(67)29-16-72-44(55-29)25(9-2)53-42(70)34(21(6)63)60-40(68)28-14-71-43(23)54-28/h8-11,13-22,33-35,62-64H,12H2,1-7H3,(H,49,65)(H,52,66)(H,53,70)(H,59,67)(H,60,68)(H,61,69)/b24-8-,25-9-/t20-,21-,22-,33+,34-,35+/m0/s1. The number of rotatable bonds is 10. The Hall–Kier alpha value is -6.89. The molecule has 6 amide bonds. The number of aliphatic hydroxyl groups is 3. The molecule has 1 aliphatic heterocycles. The molecule has 9 N–H and O–H groups in total. The summed E-state index contributed by atoms with van der Waals surface area (Å²) in [5, 5.41) is 57.9. The predicted molar refractivity (Wildman–Crippen MR) is 290 cm³/mol. The molecule has 0 radical (unpaired) electrons. The zero-order chi connectivity index (χ0) is 54.5. The molecule has 0 fully saturated rings. The lowest BCUT2D eigenvalue weighted by Crippen LogP contribution is -2.52. The Labute approximate surface area is 458 Å². The Kier molecular flexibility index (Phi) is 17.5. The number of hydrogen-bond donors (Lipinski definition) is 9. The molecule has 8 rings (SSSR count). The summed E-state index contributed by atoms with van der Waals surface area (Å²) in [5.74, 6) is -3.99. The molecular weight excluding hydrogens is 1100 g/mol. The molecule has 396 valence electrons. The first-order chi connectivity index (χ1) is 36.3. The fraction of sp³-hybridized carbons (Fsp3) is 0.312. The van der Waals surface area contributed by atoms with Gasteiger partial charge in [0.15, 0.2) is 0 Å². The zero-order valence-electron chi connectivity index (χ0n) is 41.4. The minimum absolute atomic E-state index is 0.000751. The second-order valence-electron chi connectivity index (χ2n) is 17.4. The van der Waals surface area contributed by atoms with Crippen LogP contribution in [0.25, 0.3) is 48.2 Å². The molecule has 6 atom stereocenters. The normalized spacial score (nSPS) is 18.5. The first-order valence-electron chi connectivity index (χ1n) is 23.3. The maximum atomic E-state index is 13.9. The highest BCUT2D eigenvalue weighted by Crippen LogP contribution is 2.40. The zero-order valence-corrected chi connectivity index (χ0v) is 46.3. The van der Waals surface area contributed by atoms with Crippen LogP contribution in [0.4, 0.5) is 0 Å². The van der Waals surface area contributed by atoms with Gasteiger partial charge in [-0.3, -0.25) is 28.8 Å². The Morgan fingerprint density at radius 2 is 1.24 bits per heavy atom. The van der Waals surface area contributed by atoms with Crippen molar-refractivity contribution in [3.05, 3.63) is 101 Å². The van der Waals surface area contributed by atoms with Crippen LogP contribution in [0.1, 0.15) is 118 Å². The summed E-state index contributed by atoms with van der Waals surface area (Å²) in [7, 11) is 0. The number of carbonyl (C=O) groups excluding carboxylic acids is 6. The summed E-state index contributed by atoms with van der Waals surface area (Å²) >= 11 is 6.98. The number of thiazole rings is 6. The van der Waals surface area contributed by atoms with Gasteiger partial charge in [0.25, 0.3) is 29.5 Å². The van der Waals surface area contributed by atoms with E-state index in [1.165, 1.54) is 77.0 Å². The van der Waals surface area contributed by atoms with Crippen molar-refractivity contribution in [3.8, 4) is 42.5 Å². The highest BCUT2D eigenvalue weighted by molar-refractivity contribution is 7.16. The van der Waals surface area contributed by atoms with E-state index >= 15 is 0 Å². The van der Waals surface area contributed by atoms with Gasteiger partial charge in [0.2, 0.25) is 5.91 Å². The third kappa shape index (κ3) is 12.5. The summed E-state index contributed by atoms with van der Waals surface area (Å²) in [5.41, 5.74) is 2.04.